The van der Waals surface area contributed by atoms with Gasteiger partial charge in [0.15, 0.2) is 0 Å². The lowest BCUT2D eigenvalue weighted by Crippen LogP contribution is -2.32. The zero-order chi connectivity index (χ0) is 41.9. The third kappa shape index (κ3) is 4.73. The Morgan fingerprint density at radius 1 is 0.391 bits per heavy atom. The summed E-state index contributed by atoms with van der Waals surface area (Å²) in [6, 6.07) is 81.7. The van der Waals surface area contributed by atoms with E-state index in [1.165, 1.54) is 121 Å². The van der Waals surface area contributed by atoms with Gasteiger partial charge in [0.2, 0.25) is 0 Å². The van der Waals surface area contributed by atoms with Gasteiger partial charge in [0.05, 0.1) is 10.9 Å². The number of aromatic nitrogens is 1. The molecule has 1 spiro atoms. The Labute approximate surface area is 372 Å². The minimum absolute atomic E-state index is 0.294. The average Bonchev–Trinajstić information content (AvgIpc) is 3.98. The van der Waals surface area contributed by atoms with Crippen LogP contribution in [-0.4, -0.2) is 4.57 Å². The summed E-state index contributed by atoms with van der Waals surface area (Å²) in [5.41, 5.74) is 19.1. The second-order valence-electron chi connectivity index (χ2n) is 17.8. The Kier molecular flexibility index (Phi) is 7.50. The highest BCUT2D eigenvalue weighted by Gasteiger charge is 2.53. The van der Waals surface area contributed by atoms with Gasteiger partial charge in [0.1, 0.15) is 0 Å². The molecule has 14 rings (SSSR count). The second kappa shape index (κ2) is 13.5. The fraction of sp³-hybridized carbons (Fsp3) is 0.0476. The molecule has 3 aliphatic carbocycles. The Balaban J connectivity index is 1.07. The van der Waals surface area contributed by atoms with E-state index in [4.69, 9.17) is 0 Å². The highest BCUT2D eigenvalue weighted by Crippen LogP contribution is 2.64. The van der Waals surface area contributed by atoms with E-state index in [-0.39, 0.29) is 0 Å². The van der Waals surface area contributed by atoms with Crippen LogP contribution in [0, 0.1) is 0 Å². The quantitative estimate of drug-likeness (QED) is 0.156. The van der Waals surface area contributed by atoms with Gasteiger partial charge in [-0.05, 0) is 107 Å². The molecule has 11 aromatic rings. The molecule has 3 aliphatic rings. The van der Waals surface area contributed by atoms with Crippen LogP contribution in [-0.2, 0) is 5.41 Å². The van der Waals surface area contributed by atoms with E-state index in [0.717, 1.165) is 6.42 Å². The topological polar surface area (TPSA) is 4.93 Å². The third-order valence-electron chi connectivity index (χ3n) is 14.7. The molecule has 64 heavy (non-hydrogen) atoms. The molecule has 298 valence electrons. The Morgan fingerprint density at radius 2 is 0.859 bits per heavy atom. The summed E-state index contributed by atoms with van der Waals surface area (Å²) in [5.74, 6) is 0.294. The Morgan fingerprint density at radius 3 is 1.42 bits per heavy atom. The normalized spacial score (nSPS) is 15.0. The molecule has 0 saturated heterocycles. The molecule has 1 heterocycles. The van der Waals surface area contributed by atoms with Crippen LogP contribution in [0.15, 0.2) is 218 Å². The summed E-state index contributed by atoms with van der Waals surface area (Å²) in [7, 11) is 0. The lowest BCUT2D eigenvalue weighted by atomic mass is 9.70. The van der Waals surface area contributed by atoms with E-state index in [1.807, 2.05) is 0 Å². The van der Waals surface area contributed by atoms with Crippen molar-refractivity contribution in [3.05, 3.63) is 257 Å². The minimum Gasteiger partial charge on any atom is -0.309 e. The number of hydrogen-bond acceptors (Lipinski definition) is 0. The lowest BCUT2D eigenvalue weighted by molar-refractivity contribution is 0.795. The first-order chi connectivity index (χ1) is 31.8. The predicted molar refractivity (Wildman–Crippen MR) is 267 cm³/mol. The summed E-state index contributed by atoms with van der Waals surface area (Å²) in [6.07, 6.45) is 6.01. The van der Waals surface area contributed by atoms with Crippen molar-refractivity contribution in [3.63, 3.8) is 0 Å². The van der Waals surface area contributed by atoms with Crippen molar-refractivity contribution in [2.75, 3.05) is 0 Å². The van der Waals surface area contributed by atoms with E-state index in [9.17, 15) is 0 Å². The van der Waals surface area contributed by atoms with Crippen molar-refractivity contribution in [2.24, 2.45) is 0 Å². The highest BCUT2D eigenvalue weighted by molar-refractivity contribution is 6.21. The summed E-state index contributed by atoms with van der Waals surface area (Å²) < 4.78 is 2.62. The Hall–Kier alpha value is -8.00. The van der Waals surface area contributed by atoms with E-state index in [2.05, 4.69) is 235 Å². The molecule has 0 bridgehead atoms. The third-order valence-corrected chi connectivity index (χ3v) is 14.7. The molecule has 0 N–H and O–H groups in total. The number of hydrogen-bond donors (Lipinski definition) is 0. The van der Waals surface area contributed by atoms with Crippen molar-refractivity contribution in [1.29, 1.82) is 0 Å². The van der Waals surface area contributed by atoms with Crippen LogP contribution in [0.25, 0.3) is 94.8 Å². The van der Waals surface area contributed by atoms with Crippen LogP contribution in [0.3, 0.4) is 0 Å². The summed E-state index contributed by atoms with van der Waals surface area (Å²) in [4.78, 5) is 0. The van der Waals surface area contributed by atoms with E-state index in [1.54, 1.807) is 0 Å². The predicted octanol–water partition coefficient (Wildman–Crippen LogP) is 14.4. The van der Waals surface area contributed by atoms with Gasteiger partial charge in [-0.15, -0.1) is 0 Å². The van der Waals surface area contributed by atoms with Gasteiger partial charge in [-0.2, -0.15) is 0 Å². The van der Waals surface area contributed by atoms with Gasteiger partial charge < -0.3 is 4.57 Å². The van der Waals surface area contributed by atoms with Gasteiger partial charge in [0.25, 0.3) is 0 Å². The molecule has 10 aromatic carbocycles. The van der Waals surface area contributed by atoms with Crippen LogP contribution < -0.4 is 10.6 Å². The Bertz CT molecular complexity index is 3730. The zero-order valence-corrected chi connectivity index (χ0v) is 35.2. The number of benzene rings is 10. The van der Waals surface area contributed by atoms with Crippen molar-refractivity contribution in [3.8, 4) is 50.2 Å². The van der Waals surface area contributed by atoms with Crippen molar-refractivity contribution >= 4 is 44.6 Å². The van der Waals surface area contributed by atoms with Gasteiger partial charge in [-0.1, -0.05) is 218 Å². The molecule has 0 amide bonds. The molecule has 0 saturated carbocycles. The first kappa shape index (κ1) is 35.6. The van der Waals surface area contributed by atoms with E-state index >= 15 is 0 Å². The smallest absolute Gasteiger partial charge is 0.0746 e. The first-order valence-electron chi connectivity index (χ1n) is 22.6. The molecule has 1 unspecified atom stereocenters. The van der Waals surface area contributed by atoms with Gasteiger partial charge in [-0.25, -0.2) is 0 Å². The molecule has 1 aromatic heterocycles. The van der Waals surface area contributed by atoms with Gasteiger partial charge in [0, 0.05) is 33.1 Å². The van der Waals surface area contributed by atoms with Crippen LogP contribution >= 0.6 is 0 Å². The van der Waals surface area contributed by atoms with Crippen molar-refractivity contribution in [1.82, 2.24) is 4.57 Å². The number of fused-ring (bicyclic) bond motifs is 16. The average molecular weight is 812 g/mol. The SMILES string of the molecule is C1=c2c(n(-c3ccc(-c4c5ccccc5c(-c5ccccc5)c5ccccc45)cc3)c3c4c(ccc23)-c2ccccc2C42c3ccccc3-c3ccccc32)=CCC1c1ccccc1. The summed E-state index contributed by atoms with van der Waals surface area (Å²) >= 11 is 0. The minimum atomic E-state index is -0.478. The fourth-order valence-electron chi connectivity index (χ4n) is 12.2. The molecular formula is C63H41N. The molecular weight excluding hydrogens is 771 g/mol. The van der Waals surface area contributed by atoms with Crippen LogP contribution in [0.1, 0.15) is 40.2 Å². The highest BCUT2D eigenvalue weighted by atomic mass is 15.0. The van der Waals surface area contributed by atoms with E-state index in [0.29, 0.717) is 5.92 Å². The van der Waals surface area contributed by atoms with Crippen LogP contribution in [0.5, 0.6) is 0 Å². The summed E-state index contributed by atoms with van der Waals surface area (Å²) in [6.45, 7) is 0. The maximum absolute atomic E-state index is 2.62. The largest absolute Gasteiger partial charge is 0.309 e. The summed E-state index contributed by atoms with van der Waals surface area (Å²) in [5, 5.41) is 8.97. The molecule has 1 atom stereocenters. The van der Waals surface area contributed by atoms with Crippen LogP contribution in [0.2, 0.25) is 0 Å². The van der Waals surface area contributed by atoms with Crippen LogP contribution in [0.4, 0.5) is 0 Å². The second-order valence-corrected chi connectivity index (χ2v) is 17.8. The number of nitrogens with zero attached hydrogens (tertiary/aromatic N) is 1. The van der Waals surface area contributed by atoms with E-state index < -0.39 is 5.41 Å². The lowest BCUT2D eigenvalue weighted by Gasteiger charge is -2.31. The molecule has 0 radical (unpaired) electrons. The molecule has 0 fully saturated rings. The molecule has 1 heteroatoms. The fourth-order valence-corrected chi connectivity index (χ4v) is 12.2. The maximum Gasteiger partial charge on any atom is 0.0746 e. The number of rotatable bonds is 4. The monoisotopic (exact) mass is 811 g/mol. The first-order valence-corrected chi connectivity index (χ1v) is 22.6. The van der Waals surface area contributed by atoms with Gasteiger partial charge >= 0.3 is 0 Å². The standard InChI is InChI=1S/C63H41N/c1-3-17-40(18-4-1)43-33-38-58-54(39-43)53-37-36-52-47-23-13-16-30-57(47)63(55-28-14-11-21-45(55)46-22-12-15-29-56(46)63)61(52)62(53)64(58)44-34-31-42(32-35-44)60-50-26-9-7-24-48(50)59(41-19-5-2-6-20-41)49-25-8-10-27-51(49)60/h1-32,34-39,43H,33H2. The molecule has 0 aliphatic heterocycles. The zero-order valence-electron chi connectivity index (χ0n) is 35.2. The van der Waals surface area contributed by atoms with Gasteiger partial charge in [-0.3, -0.25) is 0 Å². The maximum atomic E-state index is 2.62. The van der Waals surface area contributed by atoms with Crippen molar-refractivity contribution < 1.29 is 0 Å². The molecule has 1 nitrogen and oxygen atoms in total. The van der Waals surface area contributed by atoms with Crippen molar-refractivity contribution in [2.45, 2.75) is 17.8 Å².